The van der Waals surface area contributed by atoms with Gasteiger partial charge in [0, 0.05) is 0 Å². The molecule has 16 heavy (non-hydrogen) atoms. The van der Waals surface area contributed by atoms with E-state index < -0.39 is 8.32 Å². The highest BCUT2D eigenvalue weighted by Crippen LogP contribution is 2.39. The molecule has 1 fully saturated rings. The van der Waals surface area contributed by atoms with Crippen LogP contribution in [0.2, 0.25) is 17.6 Å². The van der Waals surface area contributed by atoms with E-state index in [1.54, 1.807) is 0 Å². The second kappa shape index (κ2) is 7.49. The summed E-state index contributed by atoms with van der Waals surface area (Å²) >= 11 is 0. The van der Waals surface area contributed by atoms with Gasteiger partial charge in [-0.05, 0) is 17.6 Å². The van der Waals surface area contributed by atoms with Crippen molar-refractivity contribution in [2.75, 3.05) is 0 Å². The molecule has 0 heterocycles. The van der Waals surface area contributed by atoms with Crippen LogP contribution < -0.4 is 0 Å². The third-order valence-electron chi connectivity index (χ3n) is 4.23. The predicted molar refractivity (Wildman–Crippen MR) is 74.2 cm³/mol. The standard InChI is InChI=1S/C14H30OSi/c1-3-12-16(15,13-4-2)14-10-8-6-5-7-9-11-14/h14-15H,3-13H2,1-2H3. The molecule has 0 spiro atoms. The maximum absolute atomic E-state index is 11.0. The Bertz CT molecular complexity index is 168. The fraction of sp³-hybridized carbons (Fsp3) is 1.00. The number of hydrogen-bond donors (Lipinski definition) is 1. The van der Waals surface area contributed by atoms with Crippen molar-refractivity contribution in [1.29, 1.82) is 0 Å². The smallest absolute Gasteiger partial charge is 0.191 e. The zero-order valence-corrected chi connectivity index (χ0v) is 12.3. The van der Waals surface area contributed by atoms with Crippen LogP contribution in [0.4, 0.5) is 0 Å². The van der Waals surface area contributed by atoms with E-state index in [0.717, 1.165) is 12.1 Å². The monoisotopic (exact) mass is 242 g/mol. The van der Waals surface area contributed by atoms with Gasteiger partial charge in [0.15, 0.2) is 8.32 Å². The van der Waals surface area contributed by atoms with Crippen molar-refractivity contribution in [3.63, 3.8) is 0 Å². The van der Waals surface area contributed by atoms with E-state index >= 15 is 0 Å². The lowest BCUT2D eigenvalue weighted by Crippen LogP contribution is -2.40. The maximum atomic E-state index is 11.0. The van der Waals surface area contributed by atoms with E-state index in [1.807, 2.05) is 0 Å². The lowest BCUT2D eigenvalue weighted by molar-refractivity contribution is 0.429. The second-order valence-electron chi connectivity index (χ2n) is 5.65. The van der Waals surface area contributed by atoms with E-state index in [2.05, 4.69) is 13.8 Å². The lowest BCUT2D eigenvalue weighted by atomic mass is 10.0. The van der Waals surface area contributed by atoms with Crippen LogP contribution in [-0.4, -0.2) is 13.1 Å². The molecular weight excluding hydrogens is 212 g/mol. The SMILES string of the molecule is CCC[Si](O)(CCC)C1CCCCCCC1. The van der Waals surface area contributed by atoms with Crippen LogP contribution in [-0.2, 0) is 0 Å². The average molecular weight is 242 g/mol. The molecule has 0 atom stereocenters. The molecule has 1 saturated carbocycles. The molecular formula is C14H30OSi. The van der Waals surface area contributed by atoms with E-state index in [9.17, 15) is 4.80 Å². The van der Waals surface area contributed by atoms with Crippen molar-refractivity contribution >= 4 is 8.32 Å². The van der Waals surface area contributed by atoms with E-state index in [-0.39, 0.29) is 0 Å². The molecule has 1 nitrogen and oxygen atoms in total. The highest BCUT2D eigenvalue weighted by molar-refractivity contribution is 6.74. The van der Waals surface area contributed by atoms with Crippen LogP contribution in [0.5, 0.6) is 0 Å². The summed E-state index contributed by atoms with van der Waals surface area (Å²) in [6.07, 6.45) is 12.0. The van der Waals surface area contributed by atoms with Gasteiger partial charge in [0.25, 0.3) is 0 Å². The van der Waals surface area contributed by atoms with Gasteiger partial charge in [0.2, 0.25) is 0 Å². The molecule has 2 heteroatoms. The molecule has 0 aromatic rings. The van der Waals surface area contributed by atoms with Gasteiger partial charge in [0.05, 0.1) is 0 Å². The Balaban J connectivity index is 2.58. The van der Waals surface area contributed by atoms with Gasteiger partial charge in [-0.3, -0.25) is 0 Å². The molecule has 0 saturated heterocycles. The van der Waals surface area contributed by atoms with Crippen molar-refractivity contribution in [1.82, 2.24) is 0 Å². The van der Waals surface area contributed by atoms with Crippen LogP contribution >= 0.6 is 0 Å². The molecule has 0 radical (unpaired) electrons. The number of rotatable bonds is 5. The number of hydrogen-bond acceptors (Lipinski definition) is 1. The summed E-state index contributed by atoms with van der Waals surface area (Å²) in [5, 5.41) is 0. The minimum absolute atomic E-state index is 0.715. The van der Waals surface area contributed by atoms with Gasteiger partial charge < -0.3 is 4.80 Å². The van der Waals surface area contributed by atoms with Crippen molar-refractivity contribution in [3.05, 3.63) is 0 Å². The van der Waals surface area contributed by atoms with E-state index in [0.29, 0.717) is 5.54 Å². The maximum Gasteiger partial charge on any atom is 0.191 e. The molecule has 0 aliphatic heterocycles. The first-order chi connectivity index (χ1) is 7.73. The highest BCUT2D eigenvalue weighted by Gasteiger charge is 2.37. The summed E-state index contributed by atoms with van der Waals surface area (Å²) in [5.74, 6) is 0. The third kappa shape index (κ3) is 4.21. The molecule has 96 valence electrons. The largest absolute Gasteiger partial charge is 0.431 e. The Morgan fingerprint density at radius 1 is 0.875 bits per heavy atom. The Kier molecular flexibility index (Phi) is 6.67. The van der Waals surface area contributed by atoms with Gasteiger partial charge in [-0.2, -0.15) is 0 Å². The van der Waals surface area contributed by atoms with Gasteiger partial charge in [0.1, 0.15) is 0 Å². The summed E-state index contributed by atoms with van der Waals surface area (Å²) in [7, 11) is -1.90. The molecule has 1 aliphatic rings. The minimum atomic E-state index is -1.90. The van der Waals surface area contributed by atoms with Crippen LogP contribution in [0.3, 0.4) is 0 Å². The van der Waals surface area contributed by atoms with E-state index in [4.69, 9.17) is 0 Å². The first-order valence-corrected chi connectivity index (χ1v) is 9.89. The van der Waals surface area contributed by atoms with Crippen molar-refractivity contribution in [3.8, 4) is 0 Å². The van der Waals surface area contributed by atoms with Gasteiger partial charge in [-0.15, -0.1) is 0 Å². The summed E-state index contributed by atoms with van der Waals surface area (Å²) in [5.41, 5.74) is 0.715. The van der Waals surface area contributed by atoms with Crippen molar-refractivity contribution in [2.45, 2.75) is 89.3 Å². The first-order valence-electron chi connectivity index (χ1n) is 7.45. The van der Waals surface area contributed by atoms with Gasteiger partial charge in [-0.25, -0.2) is 0 Å². The zero-order chi connectivity index (χ0) is 11.9. The Morgan fingerprint density at radius 3 is 1.75 bits per heavy atom. The topological polar surface area (TPSA) is 20.2 Å². The van der Waals surface area contributed by atoms with Gasteiger partial charge in [-0.1, -0.05) is 71.6 Å². The molecule has 0 amide bonds. The zero-order valence-electron chi connectivity index (χ0n) is 11.3. The molecule has 1 rings (SSSR count). The molecule has 0 unspecified atom stereocenters. The highest BCUT2D eigenvalue weighted by atomic mass is 28.4. The van der Waals surface area contributed by atoms with Crippen LogP contribution in [0.15, 0.2) is 0 Å². The summed E-state index contributed by atoms with van der Waals surface area (Å²) in [4.78, 5) is 11.0. The first kappa shape index (κ1) is 14.2. The Labute approximate surface area is 103 Å². The minimum Gasteiger partial charge on any atom is -0.431 e. The second-order valence-corrected chi connectivity index (χ2v) is 9.67. The van der Waals surface area contributed by atoms with Crippen molar-refractivity contribution in [2.24, 2.45) is 0 Å². The van der Waals surface area contributed by atoms with Crippen molar-refractivity contribution < 1.29 is 4.80 Å². The third-order valence-corrected chi connectivity index (χ3v) is 9.06. The normalized spacial score (nSPS) is 20.4. The lowest BCUT2D eigenvalue weighted by Gasteiger charge is -2.35. The quantitative estimate of drug-likeness (QED) is 0.683. The fourth-order valence-electron chi connectivity index (χ4n) is 3.39. The summed E-state index contributed by atoms with van der Waals surface area (Å²) in [6.45, 7) is 4.47. The Morgan fingerprint density at radius 2 is 1.31 bits per heavy atom. The summed E-state index contributed by atoms with van der Waals surface area (Å²) < 4.78 is 0. The predicted octanol–water partition coefficient (Wildman–Crippen LogP) is 4.86. The van der Waals surface area contributed by atoms with E-state index in [1.165, 1.54) is 57.8 Å². The Hall–Kier alpha value is 0.177. The summed E-state index contributed by atoms with van der Waals surface area (Å²) in [6, 6.07) is 2.29. The molecule has 1 N–H and O–H groups in total. The van der Waals surface area contributed by atoms with Gasteiger partial charge >= 0.3 is 0 Å². The fourth-order valence-corrected chi connectivity index (χ4v) is 7.67. The van der Waals surface area contributed by atoms with Crippen LogP contribution in [0.25, 0.3) is 0 Å². The average Bonchev–Trinajstić information content (AvgIpc) is 2.16. The van der Waals surface area contributed by atoms with Crippen LogP contribution in [0, 0.1) is 0 Å². The molecule has 0 aromatic carbocycles. The van der Waals surface area contributed by atoms with Crippen LogP contribution in [0.1, 0.15) is 71.6 Å². The molecule has 0 aromatic heterocycles. The molecule has 1 aliphatic carbocycles. The molecule has 0 bridgehead atoms.